The lowest BCUT2D eigenvalue weighted by atomic mass is 9.83. The van der Waals surface area contributed by atoms with E-state index in [2.05, 4.69) is 10.5 Å². The summed E-state index contributed by atoms with van der Waals surface area (Å²) in [6.45, 7) is 2.91. The SMILES string of the molecule is CC/C(=N/OCc1ccc(F)c(F)c1)[C@H]1O[C@@H](Oc2ccc(/C=C(\C)C(=O)N[C@@H]3C(O)C(O)C4OCO[C@H]4[C@@H]3O)cc2F)C[C@@H]1O. The fourth-order valence-corrected chi connectivity index (χ4v) is 5.52. The van der Waals surface area contributed by atoms with Crippen molar-refractivity contribution in [2.75, 3.05) is 6.79 Å². The number of fused-ring (bicyclic) bond motifs is 1. The van der Waals surface area contributed by atoms with Crippen LogP contribution in [0, 0.1) is 17.5 Å². The summed E-state index contributed by atoms with van der Waals surface area (Å²) in [6, 6.07) is 6.03. The third kappa shape index (κ3) is 7.36. The highest BCUT2D eigenvalue weighted by Gasteiger charge is 2.53. The van der Waals surface area contributed by atoms with Gasteiger partial charge in [0.25, 0.3) is 0 Å². The highest BCUT2D eigenvalue weighted by atomic mass is 19.2. The number of nitrogens with one attached hydrogen (secondary N) is 1. The fourth-order valence-electron chi connectivity index (χ4n) is 5.52. The van der Waals surface area contributed by atoms with Gasteiger partial charge in [0.1, 0.15) is 50.0 Å². The van der Waals surface area contributed by atoms with E-state index in [9.17, 15) is 34.0 Å². The maximum absolute atomic E-state index is 15.0. The number of rotatable bonds is 10. The van der Waals surface area contributed by atoms with Crippen molar-refractivity contribution in [3.05, 3.63) is 70.5 Å². The van der Waals surface area contributed by atoms with Crippen LogP contribution in [0.3, 0.4) is 0 Å². The normalized spacial score (nSPS) is 31.5. The molecule has 250 valence electrons. The molecule has 1 amide bonds. The predicted octanol–water partition coefficient (Wildman–Crippen LogP) is 1.67. The molecule has 2 aromatic carbocycles. The number of hydrogen-bond acceptors (Lipinski definition) is 11. The lowest BCUT2D eigenvalue weighted by Gasteiger charge is -2.41. The molecule has 1 aliphatic carbocycles. The van der Waals surface area contributed by atoms with Crippen LogP contribution in [-0.2, 0) is 30.4 Å². The van der Waals surface area contributed by atoms with Crippen LogP contribution in [0.4, 0.5) is 13.2 Å². The zero-order chi connectivity index (χ0) is 33.1. The minimum absolute atomic E-state index is 0.000428. The quantitative estimate of drug-likeness (QED) is 0.145. The molecular weight excluding hydrogens is 617 g/mol. The number of oxime groups is 1. The van der Waals surface area contributed by atoms with Crippen molar-refractivity contribution < 1.29 is 62.2 Å². The van der Waals surface area contributed by atoms with Gasteiger partial charge in [-0.05, 0) is 54.8 Å². The number of aliphatic hydroxyl groups excluding tert-OH is 4. The Morgan fingerprint density at radius 1 is 1.00 bits per heavy atom. The highest BCUT2D eigenvalue weighted by Crippen LogP contribution is 2.31. The predicted molar refractivity (Wildman–Crippen MR) is 153 cm³/mol. The number of halogens is 3. The number of hydrogen-bond donors (Lipinski definition) is 5. The summed E-state index contributed by atoms with van der Waals surface area (Å²) in [5.74, 6) is -3.61. The van der Waals surface area contributed by atoms with E-state index < -0.39 is 78.4 Å². The van der Waals surface area contributed by atoms with E-state index in [1.54, 1.807) is 6.92 Å². The Kier molecular flexibility index (Phi) is 10.6. The highest BCUT2D eigenvalue weighted by molar-refractivity contribution is 5.97. The number of ether oxygens (including phenoxy) is 4. The molecule has 12 nitrogen and oxygen atoms in total. The zero-order valence-corrected chi connectivity index (χ0v) is 24.9. The van der Waals surface area contributed by atoms with Crippen LogP contribution in [-0.4, -0.2) is 93.9 Å². The van der Waals surface area contributed by atoms with Crippen molar-refractivity contribution in [2.45, 2.75) is 88.4 Å². The number of carbonyl (C=O) groups is 1. The minimum Gasteiger partial charge on any atom is -0.462 e. The van der Waals surface area contributed by atoms with E-state index >= 15 is 4.39 Å². The van der Waals surface area contributed by atoms with Gasteiger partial charge in [-0.15, -0.1) is 0 Å². The van der Waals surface area contributed by atoms with E-state index in [0.717, 1.165) is 18.2 Å². The Morgan fingerprint density at radius 2 is 1.74 bits per heavy atom. The molecule has 2 aromatic rings. The second kappa shape index (κ2) is 14.5. The van der Waals surface area contributed by atoms with Gasteiger partial charge in [0.05, 0.1) is 17.9 Å². The zero-order valence-electron chi connectivity index (χ0n) is 24.9. The largest absolute Gasteiger partial charge is 0.462 e. The Morgan fingerprint density at radius 3 is 2.43 bits per heavy atom. The summed E-state index contributed by atoms with van der Waals surface area (Å²) >= 11 is 0. The molecule has 0 radical (unpaired) electrons. The Labute approximate surface area is 262 Å². The topological polar surface area (TPSA) is 169 Å². The molecule has 0 aromatic heterocycles. The van der Waals surface area contributed by atoms with Crippen LogP contribution < -0.4 is 10.1 Å². The maximum atomic E-state index is 15.0. The Hall–Kier alpha value is -3.57. The van der Waals surface area contributed by atoms with Crippen molar-refractivity contribution in [2.24, 2.45) is 5.16 Å². The molecule has 2 saturated heterocycles. The third-order valence-corrected chi connectivity index (χ3v) is 8.03. The number of benzene rings is 2. The Balaban J connectivity index is 1.17. The molecule has 2 heterocycles. The van der Waals surface area contributed by atoms with Gasteiger partial charge in [-0.1, -0.05) is 24.2 Å². The van der Waals surface area contributed by atoms with Crippen molar-refractivity contribution >= 4 is 17.7 Å². The van der Waals surface area contributed by atoms with Crippen LogP contribution in [0.2, 0.25) is 0 Å². The van der Waals surface area contributed by atoms with E-state index in [4.69, 9.17) is 23.8 Å². The minimum atomic E-state index is -1.51. The third-order valence-electron chi connectivity index (χ3n) is 8.03. The smallest absolute Gasteiger partial charge is 0.247 e. The molecule has 5 rings (SSSR count). The monoisotopic (exact) mass is 652 g/mol. The molecule has 46 heavy (non-hydrogen) atoms. The lowest BCUT2D eigenvalue weighted by Crippen LogP contribution is -2.67. The van der Waals surface area contributed by atoms with Crippen molar-refractivity contribution in [3.63, 3.8) is 0 Å². The van der Waals surface area contributed by atoms with Crippen LogP contribution in [0.5, 0.6) is 5.75 Å². The van der Waals surface area contributed by atoms with E-state index in [0.29, 0.717) is 23.3 Å². The van der Waals surface area contributed by atoms with Gasteiger partial charge < -0.3 is 49.5 Å². The van der Waals surface area contributed by atoms with Crippen molar-refractivity contribution in [1.82, 2.24) is 5.32 Å². The van der Waals surface area contributed by atoms with Crippen molar-refractivity contribution in [3.8, 4) is 5.75 Å². The van der Waals surface area contributed by atoms with Gasteiger partial charge in [0.2, 0.25) is 12.2 Å². The first-order valence-electron chi connectivity index (χ1n) is 14.7. The molecule has 9 atom stereocenters. The van der Waals surface area contributed by atoms with E-state index in [1.807, 2.05) is 0 Å². The van der Waals surface area contributed by atoms with Gasteiger partial charge in [-0.25, -0.2) is 13.2 Å². The summed E-state index contributed by atoms with van der Waals surface area (Å²) in [4.78, 5) is 18.1. The Bertz CT molecular complexity index is 1480. The summed E-state index contributed by atoms with van der Waals surface area (Å²) < 4.78 is 63.5. The molecule has 1 saturated carbocycles. The summed E-state index contributed by atoms with van der Waals surface area (Å²) in [5.41, 5.74) is 1.11. The molecule has 2 aliphatic heterocycles. The molecule has 0 bridgehead atoms. The number of nitrogens with zero attached hydrogens (tertiary/aromatic N) is 1. The van der Waals surface area contributed by atoms with Gasteiger partial charge in [-0.2, -0.15) is 0 Å². The van der Waals surface area contributed by atoms with Gasteiger partial charge >= 0.3 is 0 Å². The second-order valence-corrected chi connectivity index (χ2v) is 11.2. The first kappa shape index (κ1) is 33.8. The molecule has 5 N–H and O–H groups in total. The van der Waals surface area contributed by atoms with Gasteiger partial charge in [-0.3, -0.25) is 4.79 Å². The van der Waals surface area contributed by atoms with Crippen molar-refractivity contribution in [1.29, 1.82) is 0 Å². The standard InChI is InChI=1S/C31H35F3N2O10/c1-3-20(36-44-12-16-4-6-17(32)18(33)10-16)28-21(37)11-23(46-28)45-22-7-5-15(9-19(22)34)8-14(2)31(41)35-24-25(38)27(40)30-29(26(24)39)42-13-43-30/h4-10,21,23-30,37-40H,3,11-13H2,1-2H3,(H,35,41)/b14-8+,36-20-/t21-,23+,24+,25?,26+,27?,28+,29-,30?/m0/s1. The fraction of sp³-hybridized carbons (Fsp3) is 0.484. The van der Waals surface area contributed by atoms with E-state index in [1.165, 1.54) is 31.2 Å². The van der Waals surface area contributed by atoms with Crippen LogP contribution >= 0.6 is 0 Å². The molecule has 15 heteroatoms. The summed E-state index contributed by atoms with van der Waals surface area (Å²) in [6.07, 6.45) is -7.36. The number of carbonyl (C=O) groups excluding carboxylic acids is 1. The molecule has 0 spiro atoms. The van der Waals surface area contributed by atoms with Crippen LogP contribution in [0.15, 0.2) is 47.1 Å². The van der Waals surface area contributed by atoms with E-state index in [-0.39, 0.29) is 31.1 Å². The average molecular weight is 653 g/mol. The average Bonchev–Trinajstić information content (AvgIpc) is 3.66. The molecule has 3 fully saturated rings. The summed E-state index contributed by atoms with van der Waals surface area (Å²) in [7, 11) is 0. The number of amides is 1. The van der Waals surface area contributed by atoms with Gasteiger partial charge in [0.15, 0.2) is 23.2 Å². The maximum Gasteiger partial charge on any atom is 0.247 e. The lowest BCUT2D eigenvalue weighted by molar-refractivity contribution is -0.155. The summed E-state index contributed by atoms with van der Waals surface area (Å²) in [5, 5.41) is 48.4. The van der Waals surface area contributed by atoms with Gasteiger partial charge in [0, 0.05) is 12.0 Å². The first-order chi connectivity index (χ1) is 22.0. The van der Waals surface area contributed by atoms with Crippen LogP contribution in [0.1, 0.15) is 37.8 Å². The molecule has 3 unspecified atom stereocenters. The second-order valence-electron chi connectivity index (χ2n) is 11.2. The molecule has 3 aliphatic rings. The number of aliphatic hydroxyl groups is 4. The first-order valence-corrected chi connectivity index (χ1v) is 14.7. The van der Waals surface area contributed by atoms with Crippen LogP contribution in [0.25, 0.3) is 6.08 Å². The molecular formula is C31H35F3N2O10.